The predicted octanol–water partition coefficient (Wildman–Crippen LogP) is 2.25. The largest absolute Gasteiger partial charge is 0.482 e. The van der Waals surface area contributed by atoms with Crippen molar-refractivity contribution in [2.24, 2.45) is 0 Å². The summed E-state index contributed by atoms with van der Waals surface area (Å²) < 4.78 is 10.1. The Morgan fingerprint density at radius 2 is 2.15 bits per heavy atom. The quantitative estimate of drug-likeness (QED) is 0.846. The van der Waals surface area contributed by atoms with Crippen LogP contribution in [0.25, 0.3) is 0 Å². The van der Waals surface area contributed by atoms with Crippen LogP contribution in [-0.4, -0.2) is 25.1 Å². The van der Waals surface area contributed by atoms with E-state index in [0.717, 1.165) is 11.3 Å². The third-order valence-electron chi connectivity index (χ3n) is 2.72. The lowest BCUT2D eigenvalue weighted by molar-refractivity contribution is -0.144. The minimum Gasteiger partial charge on any atom is -0.482 e. The van der Waals surface area contributed by atoms with Gasteiger partial charge in [0.05, 0.1) is 0 Å². The summed E-state index contributed by atoms with van der Waals surface area (Å²) in [6, 6.07) is 5.26. The molecule has 0 saturated heterocycles. The van der Waals surface area contributed by atoms with E-state index >= 15 is 0 Å². The minimum atomic E-state index is -0.516. The van der Waals surface area contributed by atoms with Crippen molar-refractivity contribution in [3.05, 3.63) is 35.4 Å². The fourth-order valence-corrected chi connectivity index (χ4v) is 1.85. The number of hydrogen-bond acceptors (Lipinski definition) is 4. The summed E-state index contributed by atoms with van der Waals surface area (Å²) in [6.07, 6.45) is 1.12. The second-order valence-electron chi connectivity index (χ2n) is 4.33. The number of halogens is 1. The fraction of sp³-hybridized carbons (Fsp3) is 0.286. The summed E-state index contributed by atoms with van der Waals surface area (Å²) in [5.74, 6) is 0.0513. The van der Waals surface area contributed by atoms with E-state index < -0.39 is 5.97 Å². The number of benzene rings is 1. The van der Waals surface area contributed by atoms with Crippen molar-refractivity contribution < 1.29 is 19.1 Å². The Bertz CT molecular complexity index is 556. The highest BCUT2D eigenvalue weighted by molar-refractivity contribution is 6.29. The minimum absolute atomic E-state index is 0.0102. The molecule has 0 fully saturated rings. The highest BCUT2D eigenvalue weighted by atomic mass is 35.5. The second-order valence-corrected chi connectivity index (χ2v) is 4.87. The molecule has 1 amide bonds. The number of aryl methyl sites for hydroxylation is 1. The SMILES string of the molecule is C=C(Cl)COC(=O)COc1ccc2c(c1)CCC(=O)N2. The molecule has 2 rings (SSSR count). The molecule has 6 heteroatoms. The lowest BCUT2D eigenvalue weighted by atomic mass is 10.0. The molecule has 106 valence electrons. The van der Waals surface area contributed by atoms with Crippen LogP contribution in [0.1, 0.15) is 12.0 Å². The zero-order valence-electron chi connectivity index (χ0n) is 10.8. The Morgan fingerprint density at radius 3 is 2.90 bits per heavy atom. The second kappa shape index (κ2) is 6.43. The van der Waals surface area contributed by atoms with Gasteiger partial charge in [0.15, 0.2) is 6.61 Å². The first-order chi connectivity index (χ1) is 9.54. The van der Waals surface area contributed by atoms with Crippen LogP contribution in [0.4, 0.5) is 5.69 Å². The van der Waals surface area contributed by atoms with Crippen molar-refractivity contribution in [1.29, 1.82) is 0 Å². The number of nitrogens with one attached hydrogen (secondary N) is 1. The Hall–Kier alpha value is -2.01. The number of ether oxygens (including phenoxy) is 2. The van der Waals surface area contributed by atoms with Crippen molar-refractivity contribution in [3.63, 3.8) is 0 Å². The van der Waals surface area contributed by atoms with E-state index in [1.165, 1.54) is 0 Å². The number of carbonyl (C=O) groups excluding carboxylic acids is 2. The van der Waals surface area contributed by atoms with Gasteiger partial charge in [-0.05, 0) is 30.2 Å². The van der Waals surface area contributed by atoms with Crippen molar-refractivity contribution in [1.82, 2.24) is 0 Å². The van der Waals surface area contributed by atoms with E-state index in [0.29, 0.717) is 18.6 Å². The van der Waals surface area contributed by atoms with E-state index in [-0.39, 0.29) is 24.2 Å². The maximum Gasteiger partial charge on any atom is 0.344 e. The Balaban J connectivity index is 1.89. The molecule has 0 atom stereocenters. The van der Waals surface area contributed by atoms with Crippen LogP contribution in [0.15, 0.2) is 29.8 Å². The molecule has 1 aromatic carbocycles. The average Bonchev–Trinajstić information content (AvgIpc) is 2.42. The maximum atomic E-state index is 11.3. The molecule has 1 aromatic rings. The molecule has 1 heterocycles. The van der Waals surface area contributed by atoms with Crippen LogP contribution in [-0.2, 0) is 20.7 Å². The molecule has 0 aliphatic carbocycles. The zero-order chi connectivity index (χ0) is 14.5. The molecule has 1 aliphatic rings. The molecule has 0 spiro atoms. The van der Waals surface area contributed by atoms with Gasteiger partial charge in [0.1, 0.15) is 12.4 Å². The molecular weight excluding hydrogens is 282 g/mol. The van der Waals surface area contributed by atoms with Gasteiger partial charge >= 0.3 is 5.97 Å². The van der Waals surface area contributed by atoms with Gasteiger partial charge in [-0.2, -0.15) is 0 Å². The summed E-state index contributed by atoms with van der Waals surface area (Å²) in [4.78, 5) is 22.6. The molecule has 0 saturated carbocycles. The van der Waals surface area contributed by atoms with Gasteiger partial charge in [-0.25, -0.2) is 4.79 Å². The van der Waals surface area contributed by atoms with Gasteiger partial charge in [0, 0.05) is 17.1 Å². The summed E-state index contributed by atoms with van der Waals surface area (Å²) in [6.45, 7) is 3.19. The van der Waals surface area contributed by atoms with Crippen LogP contribution in [0.3, 0.4) is 0 Å². The van der Waals surface area contributed by atoms with Crippen LogP contribution >= 0.6 is 11.6 Å². The van der Waals surface area contributed by atoms with Gasteiger partial charge in [-0.15, -0.1) is 0 Å². The number of hydrogen-bond donors (Lipinski definition) is 1. The normalized spacial score (nSPS) is 13.2. The molecule has 0 aromatic heterocycles. The number of anilines is 1. The average molecular weight is 296 g/mol. The smallest absolute Gasteiger partial charge is 0.344 e. The lowest BCUT2D eigenvalue weighted by Gasteiger charge is -2.17. The van der Waals surface area contributed by atoms with Crippen LogP contribution in [0.5, 0.6) is 5.75 Å². The maximum absolute atomic E-state index is 11.3. The van der Waals surface area contributed by atoms with Gasteiger partial charge in [-0.3, -0.25) is 4.79 Å². The molecule has 1 N–H and O–H groups in total. The molecule has 5 nitrogen and oxygen atoms in total. The highest BCUT2D eigenvalue weighted by Crippen LogP contribution is 2.26. The molecule has 1 aliphatic heterocycles. The number of carbonyl (C=O) groups is 2. The standard InChI is InChI=1S/C14H14ClNO4/c1-9(15)7-20-14(18)8-19-11-3-4-12-10(6-11)2-5-13(17)16-12/h3-4,6H,1-2,5,7-8H2,(H,16,17). The molecule has 0 bridgehead atoms. The summed E-state index contributed by atoms with van der Waals surface area (Å²) in [5.41, 5.74) is 1.78. The third-order valence-corrected chi connectivity index (χ3v) is 2.83. The summed E-state index contributed by atoms with van der Waals surface area (Å²) >= 11 is 5.48. The Morgan fingerprint density at radius 1 is 1.35 bits per heavy atom. The Kier molecular flexibility index (Phi) is 4.63. The van der Waals surface area contributed by atoms with Crippen molar-refractivity contribution in [2.45, 2.75) is 12.8 Å². The number of rotatable bonds is 5. The summed E-state index contributed by atoms with van der Waals surface area (Å²) in [7, 11) is 0. The first-order valence-electron chi connectivity index (χ1n) is 6.09. The zero-order valence-corrected chi connectivity index (χ0v) is 11.5. The van der Waals surface area contributed by atoms with E-state index in [1.54, 1.807) is 12.1 Å². The molecule has 0 unspecified atom stereocenters. The van der Waals surface area contributed by atoms with Crippen molar-refractivity contribution in [3.8, 4) is 5.75 Å². The first-order valence-corrected chi connectivity index (χ1v) is 6.47. The number of fused-ring (bicyclic) bond motifs is 1. The van der Waals surface area contributed by atoms with Crippen LogP contribution in [0.2, 0.25) is 0 Å². The van der Waals surface area contributed by atoms with Gasteiger partial charge in [-0.1, -0.05) is 18.2 Å². The van der Waals surface area contributed by atoms with E-state index in [1.807, 2.05) is 6.07 Å². The Labute approximate surface area is 121 Å². The molecule has 0 radical (unpaired) electrons. The van der Waals surface area contributed by atoms with Gasteiger partial charge < -0.3 is 14.8 Å². The monoisotopic (exact) mass is 295 g/mol. The predicted molar refractivity (Wildman–Crippen MR) is 74.8 cm³/mol. The molecular formula is C14H14ClNO4. The van der Waals surface area contributed by atoms with Crippen molar-refractivity contribution in [2.75, 3.05) is 18.5 Å². The van der Waals surface area contributed by atoms with E-state index in [4.69, 9.17) is 21.1 Å². The highest BCUT2D eigenvalue weighted by Gasteiger charge is 2.15. The van der Waals surface area contributed by atoms with E-state index in [2.05, 4.69) is 11.9 Å². The molecule has 20 heavy (non-hydrogen) atoms. The topological polar surface area (TPSA) is 64.6 Å². The summed E-state index contributed by atoms with van der Waals surface area (Å²) in [5, 5.41) is 3.03. The first kappa shape index (κ1) is 14.4. The van der Waals surface area contributed by atoms with Gasteiger partial charge in [0.2, 0.25) is 5.91 Å². The lowest BCUT2D eigenvalue weighted by Crippen LogP contribution is -2.19. The van der Waals surface area contributed by atoms with Gasteiger partial charge in [0.25, 0.3) is 0 Å². The van der Waals surface area contributed by atoms with Crippen molar-refractivity contribution >= 4 is 29.2 Å². The number of amides is 1. The third kappa shape index (κ3) is 3.99. The van der Waals surface area contributed by atoms with Crippen LogP contribution < -0.4 is 10.1 Å². The van der Waals surface area contributed by atoms with Crippen LogP contribution in [0, 0.1) is 0 Å². The van der Waals surface area contributed by atoms with E-state index in [9.17, 15) is 9.59 Å². The number of esters is 1. The fourth-order valence-electron chi connectivity index (χ4n) is 1.79.